The number of nitrogens with one attached hydrogen (secondary N) is 2. The van der Waals surface area contributed by atoms with Gasteiger partial charge in [0.1, 0.15) is 11.6 Å². The summed E-state index contributed by atoms with van der Waals surface area (Å²) in [4.78, 5) is 15.6. The molecule has 1 amide bonds. The molecule has 128 valence electrons. The van der Waals surface area contributed by atoms with Crippen LogP contribution < -0.4 is 10.1 Å². The second-order valence-corrected chi connectivity index (χ2v) is 6.24. The first kappa shape index (κ1) is 16.5. The van der Waals surface area contributed by atoms with Crippen molar-refractivity contribution >= 4 is 5.91 Å². The van der Waals surface area contributed by atoms with Crippen LogP contribution in [0.5, 0.6) is 5.75 Å². The predicted molar refractivity (Wildman–Crippen MR) is 87.4 cm³/mol. The highest BCUT2D eigenvalue weighted by Crippen LogP contribution is 2.41. The van der Waals surface area contributed by atoms with Crippen LogP contribution in [0.15, 0.2) is 30.5 Å². The molecule has 24 heavy (non-hydrogen) atoms. The second kappa shape index (κ2) is 6.65. The van der Waals surface area contributed by atoms with E-state index in [-0.39, 0.29) is 23.7 Å². The van der Waals surface area contributed by atoms with Gasteiger partial charge >= 0.3 is 0 Å². The zero-order chi connectivity index (χ0) is 17.3. The minimum absolute atomic E-state index is 0.0406. The Morgan fingerprint density at radius 2 is 2.17 bits per heavy atom. The van der Waals surface area contributed by atoms with Gasteiger partial charge in [-0.2, -0.15) is 0 Å². The molecule has 0 aliphatic heterocycles. The summed E-state index contributed by atoms with van der Waals surface area (Å²) >= 11 is 0. The molecule has 0 bridgehead atoms. The number of amides is 1. The number of carbonyl (C=O) groups is 1. The van der Waals surface area contributed by atoms with Crippen LogP contribution in [0.1, 0.15) is 40.5 Å². The Morgan fingerprint density at radius 3 is 2.75 bits per heavy atom. The van der Waals surface area contributed by atoms with Crippen LogP contribution in [0.3, 0.4) is 0 Å². The highest BCUT2D eigenvalue weighted by Gasteiger charge is 2.37. The van der Waals surface area contributed by atoms with Gasteiger partial charge in [0.2, 0.25) is 0 Å². The fourth-order valence-electron chi connectivity index (χ4n) is 3.22. The fraction of sp³-hybridized carbons (Fsp3) is 0.389. The van der Waals surface area contributed by atoms with Gasteiger partial charge < -0.3 is 20.1 Å². The highest BCUT2D eigenvalue weighted by molar-refractivity contribution is 5.95. The van der Waals surface area contributed by atoms with Gasteiger partial charge in [-0.05, 0) is 49.9 Å². The standard InChI is InChI=1S/C18H21FN2O3/c1-10-14(5-6-20-10)18(23)21-17(11-7-13(22)8-11)15-9-12(19)3-4-16(15)24-2/h3-6,9,11,13,17,20,22H,7-8H2,1-2H3,(H,21,23)/t11?,13?,17-/m1/s1. The number of aromatic amines is 1. The molecule has 5 nitrogen and oxygen atoms in total. The Kier molecular flexibility index (Phi) is 4.57. The summed E-state index contributed by atoms with van der Waals surface area (Å²) < 4.78 is 19.1. The minimum atomic E-state index is -0.416. The van der Waals surface area contributed by atoms with E-state index in [1.807, 2.05) is 6.92 Å². The van der Waals surface area contributed by atoms with Crippen LogP contribution in [0, 0.1) is 18.7 Å². The van der Waals surface area contributed by atoms with Crippen LogP contribution in [0.25, 0.3) is 0 Å². The molecule has 1 aromatic carbocycles. The van der Waals surface area contributed by atoms with Gasteiger partial charge in [0.05, 0.1) is 24.8 Å². The molecule has 1 aromatic heterocycles. The number of H-pyrrole nitrogens is 1. The first-order valence-electron chi connectivity index (χ1n) is 7.96. The van der Waals surface area contributed by atoms with E-state index in [4.69, 9.17) is 4.74 Å². The Hall–Kier alpha value is -2.34. The number of aliphatic hydroxyl groups excluding tert-OH is 1. The Labute approximate surface area is 139 Å². The molecular formula is C18H21FN2O3. The molecule has 1 fully saturated rings. The van der Waals surface area contributed by atoms with Gasteiger partial charge in [0, 0.05) is 17.5 Å². The molecule has 2 aromatic rings. The monoisotopic (exact) mass is 332 g/mol. The van der Waals surface area contributed by atoms with Gasteiger partial charge in [-0.3, -0.25) is 4.79 Å². The number of benzene rings is 1. The smallest absolute Gasteiger partial charge is 0.253 e. The summed E-state index contributed by atoms with van der Waals surface area (Å²) in [6.07, 6.45) is 2.46. The van der Waals surface area contributed by atoms with Gasteiger partial charge in [0.15, 0.2) is 0 Å². The molecule has 1 aliphatic rings. The number of halogens is 1. The first-order valence-corrected chi connectivity index (χ1v) is 7.96. The second-order valence-electron chi connectivity index (χ2n) is 6.24. The number of hydrogen-bond donors (Lipinski definition) is 3. The molecular weight excluding hydrogens is 311 g/mol. The Bertz CT molecular complexity index is 738. The number of carbonyl (C=O) groups excluding carboxylic acids is 1. The van der Waals surface area contributed by atoms with E-state index in [9.17, 15) is 14.3 Å². The number of ether oxygens (including phenoxy) is 1. The number of aryl methyl sites for hydroxylation is 1. The van der Waals surface area contributed by atoms with Crippen LogP contribution in [0.4, 0.5) is 4.39 Å². The lowest BCUT2D eigenvalue weighted by molar-refractivity contribution is 0.0231. The Morgan fingerprint density at radius 1 is 1.42 bits per heavy atom. The Balaban J connectivity index is 1.91. The molecule has 1 aliphatic carbocycles. The van der Waals surface area contributed by atoms with Crippen LogP contribution >= 0.6 is 0 Å². The van der Waals surface area contributed by atoms with E-state index >= 15 is 0 Å². The predicted octanol–water partition coefficient (Wildman–Crippen LogP) is 2.71. The average molecular weight is 332 g/mol. The van der Waals surface area contributed by atoms with Crippen LogP contribution in [-0.2, 0) is 0 Å². The molecule has 1 heterocycles. The quantitative estimate of drug-likeness (QED) is 0.788. The van der Waals surface area contributed by atoms with E-state index in [1.54, 1.807) is 18.3 Å². The normalized spacial score (nSPS) is 21.0. The SMILES string of the molecule is COc1ccc(F)cc1[C@H](NC(=O)c1cc[nH]c1C)C1CC(O)C1. The van der Waals surface area contributed by atoms with Crippen molar-refractivity contribution in [3.05, 3.63) is 53.1 Å². The third-order valence-electron chi connectivity index (χ3n) is 4.63. The van der Waals surface area contributed by atoms with Gasteiger partial charge in [0.25, 0.3) is 5.91 Å². The van der Waals surface area contributed by atoms with Crippen molar-refractivity contribution in [3.8, 4) is 5.75 Å². The van der Waals surface area contributed by atoms with Crippen molar-refractivity contribution in [1.29, 1.82) is 0 Å². The number of aliphatic hydroxyl groups is 1. The zero-order valence-electron chi connectivity index (χ0n) is 13.7. The molecule has 1 atom stereocenters. The van der Waals surface area contributed by atoms with Crippen molar-refractivity contribution in [3.63, 3.8) is 0 Å². The highest BCUT2D eigenvalue weighted by atomic mass is 19.1. The molecule has 0 spiro atoms. The van der Waals surface area contributed by atoms with Crippen molar-refractivity contribution in [1.82, 2.24) is 10.3 Å². The molecule has 3 N–H and O–H groups in total. The van der Waals surface area contributed by atoms with E-state index in [0.717, 1.165) is 5.69 Å². The summed E-state index contributed by atoms with van der Waals surface area (Å²) in [6.45, 7) is 1.82. The number of aromatic nitrogens is 1. The van der Waals surface area contributed by atoms with E-state index in [2.05, 4.69) is 10.3 Å². The summed E-state index contributed by atoms with van der Waals surface area (Å²) in [5, 5.41) is 12.6. The van der Waals surface area contributed by atoms with Crippen molar-refractivity contribution in [2.45, 2.75) is 31.9 Å². The largest absolute Gasteiger partial charge is 0.496 e. The molecule has 0 unspecified atom stereocenters. The maximum absolute atomic E-state index is 13.8. The molecule has 1 saturated carbocycles. The van der Waals surface area contributed by atoms with Gasteiger partial charge in [-0.15, -0.1) is 0 Å². The van der Waals surface area contributed by atoms with E-state index < -0.39 is 6.04 Å². The van der Waals surface area contributed by atoms with E-state index in [1.165, 1.54) is 19.2 Å². The van der Waals surface area contributed by atoms with Crippen molar-refractivity contribution < 1.29 is 19.0 Å². The summed E-state index contributed by atoms with van der Waals surface area (Å²) in [5.74, 6) is -0.0537. The van der Waals surface area contributed by atoms with Crippen molar-refractivity contribution in [2.75, 3.05) is 7.11 Å². The minimum Gasteiger partial charge on any atom is -0.496 e. The van der Waals surface area contributed by atoms with Gasteiger partial charge in [-0.1, -0.05) is 0 Å². The molecule has 6 heteroatoms. The topological polar surface area (TPSA) is 74.3 Å². The zero-order valence-corrected chi connectivity index (χ0v) is 13.7. The van der Waals surface area contributed by atoms with E-state index in [0.29, 0.717) is 29.7 Å². The lowest BCUT2D eigenvalue weighted by atomic mass is 9.74. The maximum atomic E-state index is 13.8. The first-order chi connectivity index (χ1) is 11.5. The number of methoxy groups -OCH3 is 1. The lowest BCUT2D eigenvalue weighted by Gasteiger charge is -2.38. The third kappa shape index (κ3) is 3.14. The lowest BCUT2D eigenvalue weighted by Crippen LogP contribution is -2.41. The fourth-order valence-corrected chi connectivity index (χ4v) is 3.22. The summed E-state index contributed by atoms with van der Waals surface area (Å²) in [7, 11) is 1.52. The summed E-state index contributed by atoms with van der Waals surface area (Å²) in [6, 6.07) is 5.56. The van der Waals surface area contributed by atoms with Gasteiger partial charge in [-0.25, -0.2) is 4.39 Å². The summed E-state index contributed by atoms with van der Waals surface area (Å²) in [5.41, 5.74) is 1.91. The maximum Gasteiger partial charge on any atom is 0.253 e. The molecule has 3 rings (SSSR count). The molecule has 0 radical (unpaired) electrons. The third-order valence-corrected chi connectivity index (χ3v) is 4.63. The van der Waals surface area contributed by atoms with Crippen LogP contribution in [-0.4, -0.2) is 29.2 Å². The number of hydrogen-bond acceptors (Lipinski definition) is 3. The average Bonchev–Trinajstić information content (AvgIpc) is 2.96. The number of rotatable bonds is 5. The van der Waals surface area contributed by atoms with Crippen LogP contribution in [0.2, 0.25) is 0 Å². The van der Waals surface area contributed by atoms with Crippen molar-refractivity contribution in [2.24, 2.45) is 5.92 Å². The molecule has 0 saturated heterocycles.